The molecule has 0 heterocycles. The molecular formula is C14H11Cl2FIN. The molecule has 0 amide bonds. The van der Waals surface area contributed by atoms with Crippen molar-refractivity contribution >= 4 is 45.8 Å². The smallest absolute Gasteiger partial charge is 0.142 e. The molecule has 19 heavy (non-hydrogen) atoms. The van der Waals surface area contributed by atoms with Crippen molar-refractivity contribution in [1.29, 1.82) is 0 Å². The van der Waals surface area contributed by atoms with E-state index in [0.29, 0.717) is 17.0 Å². The highest BCUT2D eigenvalue weighted by Gasteiger charge is 2.14. The van der Waals surface area contributed by atoms with Gasteiger partial charge in [0, 0.05) is 14.6 Å². The Hall–Kier alpha value is -0.360. The molecule has 0 saturated heterocycles. The van der Waals surface area contributed by atoms with Gasteiger partial charge in [0.05, 0.1) is 5.02 Å². The molecule has 0 aliphatic heterocycles. The van der Waals surface area contributed by atoms with E-state index in [4.69, 9.17) is 28.9 Å². The normalized spacial score (nSPS) is 12.5. The molecule has 0 aliphatic carbocycles. The van der Waals surface area contributed by atoms with E-state index in [2.05, 4.69) is 22.6 Å². The Kier molecular flexibility index (Phi) is 5.06. The van der Waals surface area contributed by atoms with Crippen molar-refractivity contribution in [1.82, 2.24) is 0 Å². The second kappa shape index (κ2) is 6.39. The van der Waals surface area contributed by atoms with Crippen LogP contribution < -0.4 is 5.73 Å². The third kappa shape index (κ3) is 3.60. The number of nitrogens with two attached hydrogens (primary N) is 1. The van der Waals surface area contributed by atoms with E-state index < -0.39 is 5.82 Å². The van der Waals surface area contributed by atoms with Gasteiger partial charge in [-0.3, -0.25) is 0 Å². The first-order chi connectivity index (χ1) is 8.99. The Morgan fingerprint density at radius 1 is 1.21 bits per heavy atom. The molecule has 2 rings (SSSR count). The highest BCUT2D eigenvalue weighted by atomic mass is 127. The first-order valence-electron chi connectivity index (χ1n) is 5.62. The molecule has 1 atom stereocenters. The number of hydrogen-bond acceptors (Lipinski definition) is 1. The Morgan fingerprint density at radius 2 is 1.95 bits per heavy atom. The molecule has 0 saturated carbocycles. The van der Waals surface area contributed by atoms with Gasteiger partial charge >= 0.3 is 0 Å². The lowest BCUT2D eigenvalue weighted by Gasteiger charge is -2.15. The molecule has 1 unspecified atom stereocenters. The van der Waals surface area contributed by atoms with Crippen LogP contribution in [0.3, 0.4) is 0 Å². The topological polar surface area (TPSA) is 26.0 Å². The van der Waals surface area contributed by atoms with E-state index in [9.17, 15) is 4.39 Å². The molecule has 0 bridgehead atoms. The average molecular weight is 410 g/mol. The lowest BCUT2D eigenvalue weighted by atomic mass is 9.99. The summed E-state index contributed by atoms with van der Waals surface area (Å²) in [6.07, 6.45) is 0.465. The lowest BCUT2D eigenvalue weighted by Crippen LogP contribution is -2.15. The molecule has 100 valence electrons. The van der Waals surface area contributed by atoms with Crippen LogP contribution in [0, 0.1) is 9.39 Å². The van der Waals surface area contributed by atoms with E-state index in [-0.39, 0.29) is 11.1 Å². The van der Waals surface area contributed by atoms with Gasteiger partial charge in [0.1, 0.15) is 5.82 Å². The van der Waals surface area contributed by atoms with Crippen LogP contribution in [0.15, 0.2) is 36.4 Å². The Morgan fingerprint density at radius 3 is 2.68 bits per heavy atom. The largest absolute Gasteiger partial charge is 0.324 e. The molecule has 0 fully saturated rings. The SMILES string of the molecule is NC(Cc1cccc(F)c1Cl)c1cc(Cl)ccc1I. The lowest BCUT2D eigenvalue weighted by molar-refractivity contribution is 0.622. The van der Waals surface area contributed by atoms with E-state index in [1.165, 1.54) is 6.07 Å². The minimum absolute atomic E-state index is 0.134. The Bertz CT molecular complexity index is 604. The predicted molar refractivity (Wildman–Crippen MR) is 86.2 cm³/mol. The molecule has 2 aromatic carbocycles. The number of halogens is 4. The van der Waals surface area contributed by atoms with Crippen molar-refractivity contribution in [2.75, 3.05) is 0 Å². The molecule has 0 radical (unpaired) electrons. The van der Waals surface area contributed by atoms with Gasteiger partial charge in [-0.05, 0) is 64.4 Å². The van der Waals surface area contributed by atoms with Crippen molar-refractivity contribution < 1.29 is 4.39 Å². The molecule has 2 aromatic rings. The second-order valence-corrected chi connectivity index (χ2v) is 6.17. The summed E-state index contributed by atoms with van der Waals surface area (Å²) < 4.78 is 14.4. The number of rotatable bonds is 3. The van der Waals surface area contributed by atoms with Crippen molar-refractivity contribution in [3.05, 3.63) is 67.0 Å². The third-order valence-electron chi connectivity index (χ3n) is 2.83. The van der Waals surface area contributed by atoms with Gasteiger partial charge < -0.3 is 5.73 Å². The van der Waals surface area contributed by atoms with Crippen molar-refractivity contribution in [3.63, 3.8) is 0 Å². The van der Waals surface area contributed by atoms with Crippen LogP contribution >= 0.6 is 45.8 Å². The summed E-state index contributed by atoms with van der Waals surface area (Å²) in [5.74, 6) is -0.424. The quantitative estimate of drug-likeness (QED) is 0.711. The van der Waals surface area contributed by atoms with Crippen LogP contribution in [0.1, 0.15) is 17.2 Å². The molecule has 0 aliphatic rings. The fourth-order valence-corrected chi connectivity index (χ4v) is 2.97. The molecular weight excluding hydrogens is 399 g/mol. The van der Waals surface area contributed by atoms with Crippen molar-refractivity contribution in [3.8, 4) is 0 Å². The predicted octanol–water partition coefficient (Wildman–Crippen LogP) is 4.98. The third-order valence-corrected chi connectivity index (χ3v) is 4.47. The van der Waals surface area contributed by atoms with Crippen LogP contribution in [0.5, 0.6) is 0 Å². The maximum atomic E-state index is 13.4. The van der Waals surface area contributed by atoms with Crippen LogP contribution in [-0.4, -0.2) is 0 Å². The summed E-state index contributed by atoms with van der Waals surface area (Å²) in [7, 11) is 0. The first kappa shape index (κ1) is 15.0. The fourth-order valence-electron chi connectivity index (χ4n) is 1.85. The Labute approximate surface area is 135 Å². The van der Waals surface area contributed by atoms with Gasteiger partial charge in [-0.25, -0.2) is 4.39 Å². The van der Waals surface area contributed by atoms with Gasteiger partial charge in [0.15, 0.2) is 0 Å². The summed E-state index contributed by atoms with van der Waals surface area (Å²) in [5, 5.41) is 0.770. The molecule has 2 N–H and O–H groups in total. The van der Waals surface area contributed by atoms with E-state index in [1.54, 1.807) is 12.1 Å². The standard InChI is InChI=1S/C14H11Cl2FIN/c15-9-4-5-12(18)10(7-9)13(19)6-8-2-1-3-11(17)14(8)16/h1-5,7,13H,6,19H2. The average Bonchev–Trinajstić information content (AvgIpc) is 2.38. The second-order valence-electron chi connectivity index (χ2n) is 4.19. The summed E-state index contributed by atoms with van der Waals surface area (Å²) in [5.41, 5.74) is 7.81. The zero-order chi connectivity index (χ0) is 14.0. The van der Waals surface area contributed by atoms with E-state index in [1.807, 2.05) is 18.2 Å². The van der Waals surface area contributed by atoms with Crippen LogP contribution in [0.25, 0.3) is 0 Å². The summed E-state index contributed by atoms with van der Waals surface area (Å²) in [6.45, 7) is 0. The zero-order valence-electron chi connectivity index (χ0n) is 9.84. The van der Waals surface area contributed by atoms with Gasteiger partial charge in [0.2, 0.25) is 0 Å². The van der Waals surface area contributed by atoms with Gasteiger partial charge in [-0.2, -0.15) is 0 Å². The zero-order valence-corrected chi connectivity index (χ0v) is 13.5. The van der Waals surface area contributed by atoms with E-state index >= 15 is 0 Å². The highest BCUT2D eigenvalue weighted by molar-refractivity contribution is 14.1. The number of benzene rings is 2. The maximum absolute atomic E-state index is 13.4. The van der Waals surface area contributed by atoms with Crippen LogP contribution in [0.2, 0.25) is 10.0 Å². The van der Waals surface area contributed by atoms with E-state index in [0.717, 1.165) is 9.13 Å². The van der Waals surface area contributed by atoms with Crippen LogP contribution in [-0.2, 0) is 6.42 Å². The number of hydrogen-bond donors (Lipinski definition) is 1. The van der Waals surface area contributed by atoms with Crippen molar-refractivity contribution in [2.45, 2.75) is 12.5 Å². The summed E-state index contributed by atoms with van der Waals surface area (Å²) >= 11 is 14.1. The monoisotopic (exact) mass is 409 g/mol. The van der Waals surface area contributed by atoms with Gasteiger partial charge in [0.25, 0.3) is 0 Å². The van der Waals surface area contributed by atoms with Gasteiger partial charge in [-0.1, -0.05) is 35.3 Å². The molecule has 1 nitrogen and oxygen atoms in total. The first-order valence-corrected chi connectivity index (χ1v) is 7.46. The van der Waals surface area contributed by atoms with Crippen molar-refractivity contribution in [2.24, 2.45) is 5.73 Å². The summed E-state index contributed by atoms with van der Waals surface area (Å²) in [4.78, 5) is 0. The molecule has 0 spiro atoms. The highest BCUT2D eigenvalue weighted by Crippen LogP contribution is 2.28. The molecule has 5 heteroatoms. The molecule has 0 aromatic heterocycles. The maximum Gasteiger partial charge on any atom is 0.142 e. The Balaban J connectivity index is 2.28. The summed E-state index contributed by atoms with van der Waals surface area (Å²) in [6, 6.07) is 10.0. The van der Waals surface area contributed by atoms with Gasteiger partial charge in [-0.15, -0.1) is 0 Å². The minimum Gasteiger partial charge on any atom is -0.324 e. The fraction of sp³-hybridized carbons (Fsp3) is 0.143. The minimum atomic E-state index is -0.424. The van der Waals surface area contributed by atoms with Crippen LogP contribution in [0.4, 0.5) is 4.39 Å².